The summed E-state index contributed by atoms with van der Waals surface area (Å²) in [4.78, 5) is 24.7. The van der Waals surface area contributed by atoms with Crippen LogP contribution >= 0.6 is 11.3 Å². The largest absolute Gasteiger partial charge is 0.368 e. The minimum Gasteiger partial charge on any atom is -0.368 e. The van der Waals surface area contributed by atoms with Crippen molar-refractivity contribution in [2.45, 2.75) is 25.3 Å². The van der Waals surface area contributed by atoms with Gasteiger partial charge >= 0.3 is 0 Å². The molecule has 0 saturated carbocycles. The molecule has 0 saturated heterocycles. The molecule has 2 amide bonds. The molecule has 5 heteroatoms. The van der Waals surface area contributed by atoms with Crippen molar-refractivity contribution < 1.29 is 9.59 Å². The number of hydrogen-bond acceptors (Lipinski definition) is 3. The normalized spacial score (nSPS) is 11.8. The van der Waals surface area contributed by atoms with Crippen LogP contribution in [0.25, 0.3) is 0 Å². The average Bonchev–Trinajstić information content (AvgIpc) is 2.98. The molecule has 0 bridgehead atoms. The minimum atomic E-state index is -0.763. The summed E-state index contributed by atoms with van der Waals surface area (Å²) in [7, 11) is 0. The molecule has 1 aromatic heterocycles. The maximum atomic E-state index is 11.9. The Morgan fingerprint density at radius 1 is 1.14 bits per heavy atom. The van der Waals surface area contributed by atoms with Gasteiger partial charge in [-0.15, -0.1) is 11.3 Å². The van der Waals surface area contributed by atoms with E-state index in [-0.39, 0.29) is 5.91 Å². The topological polar surface area (TPSA) is 72.2 Å². The van der Waals surface area contributed by atoms with Gasteiger partial charge in [-0.05, 0) is 29.9 Å². The Labute approximate surface area is 128 Å². The minimum absolute atomic E-state index is 0.154. The number of benzene rings is 1. The molecule has 0 unspecified atom stereocenters. The summed E-state index contributed by atoms with van der Waals surface area (Å²) in [6.45, 7) is 0. The number of nitrogens with one attached hydrogen (secondary N) is 1. The Hall–Kier alpha value is -2.14. The van der Waals surface area contributed by atoms with E-state index in [1.54, 1.807) is 23.5 Å². The number of hydrogen-bond donors (Lipinski definition) is 2. The smallest absolute Gasteiger partial charge is 0.244 e. The summed E-state index contributed by atoms with van der Waals surface area (Å²) in [5.74, 6) is -0.702. The van der Waals surface area contributed by atoms with E-state index in [0.717, 1.165) is 12.8 Å². The lowest BCUT2D eigenvalue weighted by Gasteiger charge is -2.15. The average molecular weight is 302 g/mol. The Morgan fingerprint density at radius 2 is 1.90 bits per heavy atom. The lowest BCUT2D eigenvalue weighted by atomic mass is 10.1. The summed E-state index contributed by atoms with van der Waals surface area (Å²) < 4.78 is 0. The van der Waals surface area contributed by atoms with Crippen LogP contribution in [0, 0.1) is 0 Å². The number of primary amides is 1. The number of carbonyl (C=O) groups is 2. The van der Waals surface area contributed by atoms with Crippen LogP contribution in [-0.4, -0.2) is 11.8 Å². The molecule has 1 heterocycles. The first-order valence-electron chi connectivity index (χ1n) is 6.83. The van der Waals surface area contributed by atoms with Crippen LogP contribution in [0.2, 0.25) is 0 Å². The zero-order chi connectivity index (χ0) is 15.1. The number of carbonyl (C=O) groups excluding carboxylic acids is 2. The summed E-state index contributed by atoms with van der Waals surface area (Å²) >= 11 is 1.68. The lowest BCUT2D eigenvalue weighted by molar-refractivity contribution is -0.127. The van der Waals surface area contributed by atoms with Gasteiger partial charge in [-0.2, -0.15) is 0 Å². The predicted octanol–water partition coefficient (Wildman–Crippen LogP) is 2.41. The van der Waals surface area contributed by atoms with Crippen molar-refractivity contribution in [3.05, 3.63) is 58.3 Å². The Morgan fingerprint density at radius 3 is 2.52 bits per heavy atom. The second-order valence-electron chi connectivity index (χ2n) is 4.75. The number of nitrogens with two attached hydrogens (primary N) is 1. The van der Waals surface area contributed by atoms with Crippen molar-refractivity contribution in [1.29, 1.82) is 0 Å². The molecule has 0 aliphatic heterocycles. The lowest BCUT2D eigenvalue weighted by Crippen LogP contribution is -2.37. The molecule has 2 rings (SSSR count). The molecule has 2 aromatic rings. The molecule has 21 heavy (non-hydrogen) atoms. The molecule has 4 nitrogen and oxygen atoms in total. The van der Waals surface area contributed by atoms with Crippen molar-refractivity contribution in [3.63, 3.8) is 0 Å². The number of aryl methyl sites for hydroxylation is 1. The van der Waals surface area contributed by atoms with Crippen LogP contribution in [-0.2, 0) is 16.0 Å². The second-order valence-corrected chi connectivity index (χ2v) is 5.78. The molecule has 0 aliphatic carbocycles. The van der Waals surface area contributed by atoms with Gasteiger partial charge in [-0.3, -0.25) is 9.59 Å². The number of rotatable bonds is 7. The maximum Gasteiger partial charge on any atom is 0.244 e. The van der Waals surface area contributed by atoms with E-state index in [9.17, 15) is 9.59 Å². The molecule has 1 aromatic carbocycles. The molecule has 1 atom stereocenters. The first kappa shape index (κ1) is 15.3. The summed E-state index contributed by atoms with van der Waals surface area (Å²) in [5.41, 5.74) is 6.08. The zero-order valence-electron chi connectivity index (χ0n) is 11.6. The van der Waals surface area contributed by atoms with Gasteiger partial charge in [0.2, 0.25) is 11.8 Å². The quantitative estimate of drug-likeness (QED) is 0.824. The molecule has 0 fully saturated rings. The number of amides is 2. The van der Waals surface area contributed by atoms with Crippen LogP contribution < -0.4 is 11.1 Å². The van der Waals surface area contributed by atoms with Gasteiger partial charge < -0.3 is 11.1 Å². The first-order chi connectivity index (χ1) is 10.2. The number of thiophene rings is 1. The van der Waals surface area contributed by atoms with Gasteiger partial charge in [-0.1, -0.05) is 36.4 Å². The molecule has 0 spiro atoms. The fourth-order valence-electron chi connectivity index (χ4n) is 2.08. The van der Waals surface area contributed by atoms with Crippen molar-refractivity contribution in [3.8, 4) is 0 Å². The fourth-order valence-corrected chi connectivity index (χ4v) is 2.83. The maximum absolute atomic E-state index is 11.9. The molecular weight excluding hydrogens is 284 g/mol. The fraction of sp³-hybridized carbons (Fsp3) is 0.250. The first-order valence-corrected chi connectivity index (χ1v) is 7.71. The van der Waals surface area contributed by atoms with Gasteiger partial charge in [0.1, 0.15) is 6.04 Å². The van der Waals surface area contributed by atoms with Gasteiger partial charge in [0.25, 0.3) is 0 Å². The molecule has 3 N–H and O–H groups in total. The van der Waals surface area contributed by atoms with E-state index in [1.165, 1.54) is 4.88 Å². The third-order valence-electron chi connectivity index (χ3n) is 3.13. The summed E-state index contributed by atoms with van der Waals surface area (Å²) in [5, 5.41) is 4.72. The van der Waals surface area contributed by atoms with E-state index in [2.05, 4.69) is 11.4 Å². The Kier molecular flexibility index (Phi) is 5.51. The van der Waals surface area contributed by atoms with Crippen LogP contribution in [0.15, 0.2) is 47.8 Å². The summed E-state index contributed by atoms with van der Waals surface area (Å²) in [6.07, 6.45) is 2.01. The molecule has 0 aliphatic rings. The van der Waals surface area contributed by atoms with E-state index >= 15 is 0 Å². The van der Waals surface area contributed by atoms with Crippen molar-refractivity contribution >= 4 is 23.2 Å². The Bertz CT molecular complexity index is 582. The van der Waals surface area contributed by atoms with Gasteiger partial charge in [0.15, 0.2) is 0 Å². The van der Waals surface area contributed by atoms with E-state index in [1.807, 2.05) is 29.6 Å². The van der Waals surface area contributed by atoms with Gasteiger partial charge in [0.05, 0.1) is 0 Å². The monoisotopic (exact) mass is 302 g/mol. The predicted molar refractivity (Wildman–Crippen MR) is 83.8 cm³/mol. The SMILES string of the molecule is NC(=O)[C@H](NC(=O)CCCc1cccs1)c1ccccc1. The van der Waals surface area contributed by atoms with Crippen LogP contribution in [0.5, 0.6) is 0 Å². The highest BCUT2D eigenvalue weighted by Crippen LogP contribution is 2.14. The third kappa shape index (κ3) is 4.72. The van der Waals surface area contributed by atoms with Crippen LogP contribution in [0.4, 0.5) is 0 Å². The van der Waals surface area contributed by atoms with E-state index in [0.29, 0.717) is 12.0 Å². The summed E-state index contributed by atoms with van der Waals surface area (Å²) in [6, 6.07) is 12.3. The Balaban J connectivity index is 1.85. The molecule has 110 valence electrons. The van der Waals surface area contributed by atoms with Crippen LogP contribution in [0.3, 0.4) is 0 Å². The van der Waals surface area contributed by atoms with E-state index in [4.69, 9.17) is 5.73 Å². The van der Waals surface area contributed by atoms with Crippen molar-refractivity contribution in [2.75, 3.05) is 0 Å². The van der Waals surface area contributed by atoms with Gasteiger partial charge in [0, 0.05) is 11.3 Å². The van der Waals surface area contributed by atoms with E-state index < -0.39 is 11.9 Å². The molecule has 0 radical (unpaired) electrons. The zero-order valence-corrected chi connectivity index (χ0v) is 12.4. The third-order valence-corrected chi connectivity index (χ3v) is 4.07. The highest BCUT2D eigenvalue weighted by molar-refractivity contribution is 7.09. The van der Waals surface area contributed by atoms with Crippen LogP contribution in [0.1, 0.15) is 29.3 Å². The second kappa shape index (κ2) is 7.59. The molecular formula is C16H18N2O2S. The standard InChI is InChI=1S/C16H18N2O2S/c17-16(20)15(12-6-2-1-3-7-12)18-14(19)10-4-8-13-9-5-11-21-13/h1-3,5-7,9,11,15H,4,8,10H2,(H2,17,20)(H,18,19)/t15-/m1/s1. The van der Waals surface area contributed by atoms with Crippen molar-refractivity contribution in [1.82, 2.24) is 5.32 Å². The highest BCUT2D eigenvalue weighted by atomic mass is 32.1. The van der Waals surface area contributed by atoms with Crippen molar-refractivity contribution in [2.24, 2.45) is 5.73 Å². The highest BCUT2D eigenvalue weighted by Gasteiger charge is 2.19. The van der Waals surface area contributed by atoms with Gasteiger partial charge in [-0.25, -0.2) is 0 Å².